The quantitative estimate of drug-likeness (QED) is 0.612. The fourth-order valence-corrected chi connectivity index (χ4v) is 3.86. The van der Waals surface area contributed by atoms with Crippen LogP contribution < -0.4 is 0 Å². The van der Waals surface area contributed by atoms with Crippen molar-refractivity contribution in [1.29, 1.82) is 0 Å². The van der Waals surface area contributed by atoms with E-state index in [4.69, 9.17) is 0 Å². The molecule has 0 aliphatic carbocycles. The molecule has 0 bridgehead atoms. The highest BCUT2D eigenvalue weighted by Gasteiger charge is 2.31. The molecular formula is C16H13N3O5S. The Balaban J connectivity index is 1.81. The van der Waals surface area contributed by atoms with Crippen molar-refractivity contribution in [2.24, 2.45) is 0 Å². The van der Waals surface area contributed by atoms with Gasteiger partial charge >= 0.3 is 0 Å². The molecule has 1 atom stereocenters. The van der Waals surface area contributed by atoms with Crippen molar-refractivity contribution < 1.29 is 14.6 Å². The average Bonchev–Trinajstić information content (AvgIpc) is 3.11. The van der Waals surface area contributed by atoms with Crippen LogP contribution in [-0.2, 0) is 0 Å². The van der Waals surface area contributed by atoms with Gasteiger partial charge in [0.15, 0.2) is 0 Å². The van der Waals surface area contributed by atoms with Gasteiger partial charge in [0.25, 0.3) is 17.3 Å². The van der Waals surface area contributed by atoms with Crippen LogP contribution in [-0.4, -0.2) is 33.0 Å². The third-order valence-electron chi connectivity index (χ3n) is 3.87. The minimum absolute atomic E-state index is 0.00000707. The summed E-state index contributed by atoms with van der Waals surface area (Å²) in [7, 11) is 0. The number of amides is 1. The van der Waals surface area contributed by atoms with Gasteiger partial charge in [0.2, 0.25) is 0 Å². The normalized spacial score (nSPS) is 16.6. The number of nitro benzene ring substituents is 2. The molecular weight excluding hydrogens is 346 g/mol. The van der Waals surface area contributed by atoms with E-state index in [-0.39, 0.29) is 22.7 Å². The van der Waals surface area contributed by atoms with Crippen molar-refractivity contribution in [3.63, 3.8) is 0 Å². The molecule has 0 saturated carbocycles. The molecule has 128 valence electrons. The average molecular weight is 359 g/mol. The van der Waals surface area contributed by atoms with Crippen LogP contribution in [0, 0.1) is 20.2 Å². The zero-order valence-corrected chi connectivity index (χ0v) is 13.7. The first kappa shape index (κ1) is 16.9. The van der Waals surface area contributed by atoms with Crippen molar-refractivity contribution >= 4 is 29.0 Å². The van der Waals surface area contributed by atoms with Crippen LogP contribution in [0.4, 0.5) is 11.4 Å². The second-order valence-corrected chi connectivity index (χ2v) is 6.56. The molecule has 1 saturated heterocycles. The van der Waals surface area contributed by atoms with Gasteiger partial charge in [-0.1, -0.05) is 0 Å². The van der Waals surface area contributed by atoms with Gasteiger partial charge in [-0.05, 0) is 29.8 Å². The molecule has 2 aromatic carbocycles. The highest BCUT2D eigenvalue weighted by atomic mass is 32.2. The zero-order chi connectivity index (χ0) is 18.0. The summed E-state index contributed by atoms with van der Waals surface area (Å²) >= 11 is 1.58. The topological polar surface area (TPSA) is 107 Å². The zero-order valence-electron chi connectivity index (χ0n) is 12.9. The van der Waals surface area contributed by atoms with E-state index in [2.05, 4.69) is 0 Å². The third-order valence-corrected chi connectivity index (χ3v) is 5.13. The fraction of sp³-hybridized carbons (Fsp3) is 0.188. The van der Waals surface area contributed by atoms with Gasteiger partial charge in [-0.3, -0.25) is 25.0 Å². The van der Waals surface area contributed by atoms with Gasteiger partial charge in [0.05, 0.1) is 9.85 Å². The fourth-order valence-electron chi connectivity index (χ4n) is 2.61. The van der Waals surface area contributed by atoms with E-state index in [1.165, 1.54) is 36.4 Å². The number of nitro groups is 2. The Kier molecular flexibility index (Phi) is 4.66. The summed E-state index contributed by atoms with van der Waals surface area (Å²) in [4.78, 5) is 34.9. The van der Waals surface area contributed by atoms with Gasteiger partial charge < -0.3 is 4.90 Å². The first-order valence-electron chi connectivity index (χ1n) is 7.39. The molecule has 1 amide bonds. The summed E-state index contributed by atoms with van der Waals surface area (Å²) in [5, 5.41) is 21.2. The van der Waals surface area contributed by atoms with Crippen LogP contribution in [0.2, 0.25) is 0 Å². The summed E-state index contributed by atoms with van der Waals surface area (Å²) in [5.74, 6) is 0.531. The van der Waals surface area contributed by atoms with Crippen LogP contribution in [0.25, 0.3) is 0 Å². The Morgan fingerprint density at radius 3 is 2.00 bits per heavy atom. The van der Waals surface area contributed by atoms with E-state index in [0.717, 1.165) is 11.3 Å². The molecule has 0 unspecified atom stereocenters. The highest BCUT2D eigenvalue weighted by Crippen LogP contribution is 2.39. The van der Waals surface area contributed by atoms with E-state index in [1.807, 2.05) is 0 Å². The number of hydrogen-bond acceptors (Lipinski definition) is 6. The lowest BCUT2D eigenvalue weighted by molar-refractivity contribution is -0.385. The van der Waals surface area contributed by atoms with Gasteiger partial charge in [0, 0.05) is 42.1 Å². The largest absolute Gasteiger partial charge is 0.322 e. The first-order chi connectivity index (χ1) is 12.0. The minimum Gasteiger partial charge on any atom is -0.322 e. The molecule has 0 radical (unpaired) electrons. The van der Waals surface area contributed by atoms with Crippen LogP contribution in [0.1, 0.15) is 21.3 Å². The molecule has 0 N–H and O–H groups in total. The summed E-state index contributed by atoms with van der Waals surface area (Å²) in [6, 6.07) is 11.6. The predicted molar refractivity (Wildman–Crippen MR) is 92.4 cm³/mol. The molecule has 2 aromatic rings. The van der Waals surface area contributed by atoms with E-state index in [9.17, 15) is 25.0 Å². The van der Waals surface area contributed by atoms with Crippen molar-refractivity contribution in [2.75, 3.05) is 12.3 Å². The maximum absolute atomic E-state index is 12.7. The van der Waals surface area contributed by atoms with Gasteiger partial charge in [-0.25, -0.2) is 0 Å². The lowest BCUT2D eigenvalue weighted by Gasteiger charge is -2.24. The standard InChI is InChI=1S/C16H13N3O5S/c20-15(11-1-5-13(6-2-11)18(21)22)17-9-10-25-16(17)12-3-7-14(8-4-12)19(23)24/h1-8,16H,9-10H2/t16-/m1/s1. The van der Waals surface area contributed by atoms with E-state index in [1.54, 1.807) is 28.8 Å². The summed E-state index contributed by atoms with van der Waals surface area (Å²) in [6.45, 7) is 0.544. The van der Waals surface area contributed by atoms with E-state index < -0.39 is 9.85 Å². The minimum atomic E-state index is -0.514. The lowest BCUT2D eigenvalue weighted by atomic mass is 10.1. The third kappa shape index (κ3) is 3.45. The number of nitrogens with zero attached hydrogens (tertiary/aromatic N) is 3. The number of thioether (sulfide) groups is 1. The lowest BCUT2D eigenvalue weighted by Crippen LogP contribution is -2.30. The molecule has 3 rings (SSSR count). The van der Waals surface area contributed by atoms with Gasteiger partial charge in [-0.2, -0.15) is 0 Å². The molecule has 8 nitrogen and oxygen atoms in total. The van der Waals surface area contributed by atoms with Crippen LogP contribution in [0.3, 0.4) is 0 Å². The van der Waals surface area contributed by atoms with Crippen molar-refractivity contribution in [3.8, 4) is 0 Å². The van der Waals surface area contributed by atoms with Crippen LogP contribution in [0.5, 0.6) is 0 Å². The first-order valence-corrected chi connectivity index (χ1v) is 8.43. The Bertz CT molecular complexity index is 823. The molecule has 9 heteroatoms. The van der Waals surface area contributed by atoms with Gasteiger partial charge in [-0.15, -0.1) is 11.8 Å². The Labute approximate surface area is 146 Å². The molecule has 1 fully saturated rings. The number of non-ortho nitro benzene ring substituents is 2. The van der Waals surface area contributed by atoms with E-state index in [0.29, 0.717) is 12.1 Å². The predicted octanol–water partition coefficient (Wildman–Crippen LogP) is 3.39. The maximum Gasteiger partial charge on any atom is 0.269 e. The summed E-state index contributed by atoms with van der Waals surface area (Å²) in [5.41, 5.74) is 1.11. The maximum atomic E-state index is 12.7. The van der Waals surface area contributed by atoms with Crippen molar-refractivity contribution in [2.45, 2.75) is 5.37 Å². The molecule has 0 aromatic heterocycles. The number of carbonyl (C=O) groups is 1. The van der Waals surface area contributed by atoms with Gasteiger partial charge in [0.1, 0.15) is 5.37 Å². The Morgan fingerprint density at radius 2 is 1.48 bits per heavy atom. The Hall–Kier alpha value is -2.94. The molecule has 1 aliphatic heterocycles. The monoisotopic (exact) mass is 359 g/mol. The molecule has 25 heavy (non-hydrogen) atoms. The smallest absolute Gasteiger partial charge is 0.269 e. The van der Waals surface area contributed by atoms with E-state index >= 15 is 0 Å². The highest BCUT2D eigenvalue weighted by molar-refractivity contribution is 7.99. The van der Waals surface area contributed by atoms with Crippen molar-refractivity contribution in [3.05, 3.63) is 79.9 Å². The number of rotatable bonds is 4. The number of benzene rings is 2. The SMILES string of the molecule is O=C(c1ccc([N+](=O)[O-])cc1)N1CCS[C@@H]1c1ccc([N+](=O)[O-])cc1. The molecule has 1 heterocycles. The number of hydrogen-bond donors (Lipinski definition) is 0. The molecule has 0 spiro atoms. The summed E-state index contributed by atoms with van der Waals surface area (Å²) < 4.78 is 0. The Morgan fingerprint density at radius 1 is 0.960 bits per heavy atom. The molecule has 1 aliphatic rings. The summed E-state index contributed by atoms with van der Waals surface area (Å²) in [6.07, 6.45) is 0. The van der Waals surface area contributed by atoms with Crippen molar-refractivity contribution in [1.82, 2.24) is 4.90 Å². The van der Waals surface area contributed by atoms with Crippen LogP contribution >= 0.6 is 11.8 Å². The van der Waals surface area contributed by atoms with Crippen LogP contribution in [0.15, 0.2) is 48.5 Å². The second-order valence-electron chi connectivity index (χ2n) is 5.37. The second kappa shape index (κ2) is 6.89. The number of carbonyl (C=O) groups excluding carboxylic acids is 1.